The number of fused-ring (bicyclic) bond motifs is 2. The number of imide groups is 1. The second kappa shape index (κ2) is 12.7. The van der Waals surface area contributed by atoms with Crippen LogP contribution in [0.2, 0.25) is 0 Å². The highest BCUT2D eigenvalue weighted by Gasteiger charge is 2.31. The number of nitrogens with zero attached hydrogens (tertiary/aromatic N) is 8. The number of imidazole rings is 2. The highest BCUT2D eigenvalue weighted by molar-refractivity contribution is 6.00. The van der Waals surface area contributed by atoms with Crippen LogP contribution in [-0.4, -0.2) is 97.2 Å². The lowest BCUT2D eigenvalue weighted by atomic mass is 10.1. The van der Waals surface area contributed by atoms with Gasteiger partial charge in [0.1, 0.15) is 17.6 Å². The number of nitrogens with one attached hydrogen (secondary N) is 3. The van der Waals surface area contributed by atoms with Crippen LogP contribution in [-0.2, 0) is 23.1 Å². The minimum atomic E-state index is -0.693. The van der Waals surface area contributed by atoms with Crippen molar-refractivity contribution in [1.29, 1.82) is 0 Å². The predicted octanol–water partition coefficient (Wildman–Crippen LogP) is 1.72. The lowest BCUT2D eigenvalue weighted by molar-refractivity contribution is -0.135. The monoisotopic (exact) mass is 677 g/mol. The van der Waals surface area contributed by atoms with Crippen LogP contribution in [0.5, 0.6) is 0 Å². The van der Waals surface area contributed by atoms with Gasteiger partial charge in [0, 0.05) is 59.3 Å². The number of amides is 3. The van der Waals surface area contributed by atoms with E-state index in [-0.39, 0.29) is 30.0 Å². The van der Waals surface area contributed by atoms with Gasteiger partial charge in [-0.25, -0.2) is 19.3 Å². The van der Waals surface area contributed by atoms with Crippen LogP contribution in [0.25, 0.3) is 28.1 Å². The van der Waals surface area contributed by atoms with Crippen LogP contribution in [0.4, 0.5) is 11.5 Å². The molecule has 15 nitrogen and oxygen atoms in total. The molecule has 2 aliphatic heterocycles. The van der Waals surface area contributed by atoms with Crippen LogP contribution >= 0.6 is 0 Å². The molecule has 3 amide bonds. The van der Waals surface area contributed by atoms with Gasteiger partial charge < -0.3 is 15.5 Å². The molecule has 0 spiro atoms. The third-order valence-corrected chi connectivity index (χ3v) is 9.97. The molecular formula is C35H39N11O4. The molecule has 8 rings (SSSR count). The first-order valence-corrected chi connectivity index (χ1v) is 17.1. The zero-order valence-corrected chi connectivity index (χ0v) is 28.1. The summed E-state index contributed by atoms with van der Waals surface area (Å²) in [6.45, 7) is 4.26. The van der Waals surface area contributed by atoms with E-state index in [1.807, 2.05) is 49.5 Å². The smallest absolute Gasteiger partial charge is 0.329 e. The summed E-state index contributed by atoms with van der Waals surface area (Å²) in [7, 11) is 3.54. The fraction of sp³-hybridized carbons (Fsp3) is 0.400. The van der Waals surface area contributed by atoms with E-state index in [1.54, 1.807) is 22.3 Å². The maximum absolute atomic E-state index is 13.1. The van der Waals surface area contributed by atoms with Gasteiger partial charge in [-0.15, -0.1) is 0 Å². The number of pyridine rings is 1. The molecule has 1 aliphatic carbocycles. The topological polar surface area (TPSA) is 164 Å². The highest BCUT2D eigenvalue weighted by atomic mass is 16.2. The van der Waals surface area contributed by atoms with Crippen LogP contribution in [0.15, 0.2) is 53.5 Å². The van der Waals surface area contributed by atoms with Crippen LogP contribution in [0.1, 0.15) is 47.8 Å². The SMILES string of the molecule is CNc1cc(-c2cccc(N3CCN(CCc4ccc5c(c4)n(C)c(=O)n5C4CCC(=O)NC4=O)CC3)n2)nn2c(C(=O)NC3CC3)cnc12. The van der Waals surface area contributed by atoms with Crippen molar-refractivity contribution in [2.45, 2.75) is 44.2 Å². The number of carbonyl (C=O) groups is 3. The molecule has 1 saturated carbocycles. The molecule has 6 heterocycles. The molecule has 258 valence electrons. The Morgan fingerprint density at radius 1 is 0.980 bits per heavy atom. The third-order valence-electron chi connectivity index (χ3n) is 9.97. The summed E-state index contributed by atoms with van der Waals surface area (Å²) in [4.78, 5) is 64.4. The molecule has 50 heavy (non-hydrogen) atoms. The van der Waals surface area contributed by atoms with E-state index in [0.717, 1.165) is 74.6 Å². The summed E-state index contributed by atoms with van der Waals surface area (Å²) in [5.74, 6) is -0.0392. The summed E-state index contributed by atoms with van der Waals surface area (Å²) in [6.07, 6.45) is 4.91. The second-order valence-electron chi connectivity index (χ2n) is 13.3. The molecule has 3 fully saturated rings. The van der Waals surface area contributed by atoms with Gasteiger partial charge in [0.2, 0.25) is 11.8 Å². The van der Waals surface area contributed by atoms with Gasteiger partial charge in [-0.1, -0.05) is 12.1 Å². The predicted molar refractivity (Wildman–Crippen MR) is 187 cm³/mol. The largest absolute Gasteiger partial charge is 0.385 e. The van der Waals surface area contributed by atoms with E-state index in [0.29, 0.717) is 34.7 Å². The fourth-order valence-electron chi connectivity index (χ4n) is 6.94. The molecule has 2 saturated heterocycles. The van der Waals surface area contributed by atoms with Gasteiger partial charge in [0.05, 0.1) is 28.6 Å². The van der Waals surface area contributed by atoms with Gasteiger partial charge in [-0.3, -0.25) is 33.7 Å². The van der Waals surface area contributed by atoms with Crippen molar-refractivity contribution >= 4 is 45.9 Å². The first-order valence-electron chi connectivity index (χ1n) is 17.1. The van der Waals surface area contributed by atoms with Crippen molar-refractivity contribution in [1.82, 2.24) is 44.2 Å². The minimum absolute atomic E-state index is 0.179. The maximum atomic E-state index is 13.1. The molecule has 3 N–H and O–H groups in total. The molecule has 5 aromatic rings. The van der Waals surface area contributed by atoms with Gasteiger partial charge in [-0.2, -0.15) is 5.10 Å². The number of rotatable bonds is 9. The van der Waals surface area contributed by atoms with Crippen molar-refractivity contribution in [2.24, 2.45) is 7.05 Å². The summed E-state index contributed by atoms with van der Waals surface area (Å²) >= 11 is 0. The van der Waals surface area contributed by atoms with Gasteiger partial charge in [0.15, 0.2) is 11.3 Å². The number of aromatic nitrogens is 6. The Balaban J connectivity index is 0.930. The molecule has 0 bridgehead atoms. The summed E-state index contributed by atoms with van der Waals surface area (Å²) in [5, 5.41) is 13.4. The Labute approximate surface area is 287 Å². The highest BCUT2D eigenvalue weighted by Crippen LogP contribution is 2.27. The number of piperidine rings is 1. The third kappa shape index (κ3) is 5.87. The Hall–Kier alpha value is -5.57. The number of hydrogen-bond donors (Lipinski definition) is 3. The lowest BCUT2D eigenvalue weighted by Gasteiger charge is -2.35. The Bertz CT molecular complexity index is 2210. The maximum Gasteiger partial charge on any atom is 0.329 e. The first kappa shape index (κ1) is 31.7. The summed E-state index contributed by atoms with van der Waals surface area (Å²) in [6, 6.07) is 13.3. The number of piperazine rings is 1. The van der Waals surface area contributed by atoms with Gasteiger partial charge in [-0.05, 0) is 61.6 Å². The average molecular weight is 678 g/mol. The van der Waals surface area contributed by atoms with Crippen LogP contribution in [0.3, 0.4) is 0 Å². The lowest BCUT2D eigenvalue weighted by Crippen LogP contribution is -2.47. The van der Waals surface area contributed by atoms with Crippen molar-refractivity contribution in [2.75, 3.05) is 50.0 Å². The van der Waals surface area contributed by atoms with Crippen molar-refractivity contribution < 1.29 is 14.4 Å². The minimum Gasteiger partial charge on any atom is -0.385 e. The van der Waals surface area contributed by atoms with E-state index in [2.05, 4.69) is 30.7 Å². The number of aryl methyl sites for hydroxylation is 1. The molecule has 4 aromatic heterocycles. The average Bonchev–Trinajstić information content (AvgIpc) is 3.79. The second-order valence-corrected chi connectivity index (χ2v) is 13.3. The standard InChI is InChI=1S/C35H39N11O4/c1-36-25-19-24(41-46-29(20-37-32(25)46)34(49)38-22-7-8-22)23-4-3-5-30(39-23)44-16-14-43(15-17-44)13-12-21-6-9-26-28(18-21)42(2)35(50)45(26)27-10-11-31(47)40-33(27)48/h3-6,9,18-20,22,27,36H,7-8,10-17H2,1-2H3,(H,38,49)(H,40,47,48). The molecular weight excluding hydrogens is 638 g/mol. The molecule has 1 aromatic carbocycles. The van der Waals surface area contributed by atoms with Crippen molar-refractivity contribution in [3.8, 4) is 11.4 Å². The number of carbonyl (C=O) groups excluding carboxylic acids is 3. The molecule has 15 heteroatoms. The van der Waals surface area contributed by atoms with E-state index in [9.17, 15) is 19.2 Å². The summed E-state index contributed by atoms with van der Waals surface area (Å²) < 4.78 is 4.69. The molecule has 3 aliphatic rings. The number of hydrogen-bond acceptors (Lipinski definition) is 10. The zero-order valence-electron chi connectivity index (χ0n) is 28.1. The van der Waals surface area contributed by atoms with Crippen LogP contribution < -0.4 is 26.5 Å². The van der Waals surface area contributed by atoms with Gasteiger partial charge in [0.25, 0.3) is 5.91 Å². The molecule has 1 unspecified atom stereocenters. The quantitative estimate of drug-likeness (QED) is 0.196. The number of anilines is 2. The fourth-order valence-corrected chi connectivity index (χ4v) is 6.94. The first-order chi connectivity index (χ1) is 24.3. The molecule has 0 radical (unpaired) electrons. The van der Waals surface area contributed by atoms with Gasteiger partial charge >= 0.3 is 5.69 Å². The van der Waals surface area contributed by atoms with E-state index < -0.39 is 11.9 Å². The Kier molecular flexibility index (Phi) is 8.05. The van der Waals surface area contributed by atoms with Crippen molar-refractivity contribution in [3.63, 3.8) is 0 Å². The Morgan fingerprint density at radius 3 is 2.56 bits per heavy atom. The summed E-state index contributed by atoms with van der Waals surface area (Å²) in [5.41, 5.74) is 5.41. The zero-order chi connectivity index (χ0) is 34.5. The van der Waals surface area contributed by atoms with E-state index >= 15 is 0 Å². The molecule has 1 atom stereocenters. The van der Waals surface area contributed by atoms with E-state index in [4.69, 9.17) is 10.1 Å². The number of benzene rings is 1. The van der Waals surface area contributed by atoms with Crippen LogP contribution in [0, 0.1) is 0 Å². The van der Waals surface area contributed by atoms with Crippen molar-refractivity contribution in [3.05, 3.63) is 70.4 Å². The normalized spacial score (nSPS) is 18.5. The van der Waals surface area contributed by atoms with E-state index in [1.165, 1.54) is 4.57 Å². The Morgan fingerprint density at radius 2 is 1.80 bits per heavy atom.